The van der Waals surface area contributed by atoms with E-state index in [0.29, 0.717) is 45.4 Å². The Labute approximate surface area is 272 Å². The second-order valence-electron chi connectivity index (χ2n) is 14.4. The summed E-state index contributed by atoms with van der Waals surface area (Å²) in [6.07, 6.45) is 6.69. The SMILES string of the molecule is CC(C)CC(=O)NCC(=O)N1CCC(C(=O)N2CC=C3C(C)(C)C(c4ccc(C(=O)O)cc4)=CC[C@]3(C)C2)(c2ccccc2)CC1. The molecule has 244 valence electrons. The molecule has 0 spiro atoms. The number of piperidine rings is 1. The van der Waals surface area contributed by atoms with Crippen molar-refractivity contribution >= 4 is 29.3 Å². The fourth-order valence-electron chi connectivity index (χ4n) is 7.91. The molecule has 8 nitrogen and oxygen atoms in total. The number of carbonyl (C=O) groups is 4. The molecule has 8 heteroatoms. The molecule has 2 aromatic carbocycles. The summed E-state index contributed by atoms with van der Waals surface area (Å²) in [6, 6.07) is 17.1. The molecule has 0 bridgehead atoms. The van der Waals surface area contributed by atoms with Gasteiger partial charge in [-0.05, 0) is 54.0 Å². The molecule has 0 aromatic heterocycles. The quantitative estimate of drug-likeness (QED) is 0.367. The first kappa shape index (κ1) is 33.2. The summed E-state index contributed by atoms with van der Waals surface area (Å²) in [5.74, 6) is -0.851. The number of allylic oxidation sites excluding steroid dienone is 2. The Bertz CT molecular complexity index is 1550. The summed E-state index contributed by atoms with van der Waals surface area (Å²) in [5, 5.41) is 12.1. The third kappa shape index (κ3) is 6.39. The Balaban J connectivity index is 1.34. The first-order valence-corrected chi connectivity index (χ1v) is 16.4. The standard InChI is InChI=1S/C38H47N3O5/c1-26(2)23-32(42)39-24-33(43)40-21-18-38(19-22-40,29-9-7-6-8-10-29)35(46)41-20-16-31-36(3,4)30(15-17-37(31,5)25-41)27-11-13-28(14-12-27)34(44)45/h6-16,26H,17-25H2,1-5H3,(H,39,42)(H,44,45)/t37-/m1/s1. The second-order valence-corrected chi connectivity index (χ2v) is 14.4. The molecular weight excluding hydrogens is 578 g/mol. The zero-order valence-electron chi connectivity index (χ0n) is 27.8. The lowest BCUT2D eigenvalue weighted by atomic mass is 9.58. The maximum absolute atomic E-state index is 14.7. The Morgan fingerprint density at radius 2 is 1.54 bits per heavy atom. The summed E-state index contributed by atoms with van der Waals surface area (Å²) in [5.41, 5.74) is 3.46. The van der Waals surface area contributed by atoms with Gasteiger partial charge in [0.1, 0.15) is 0 Å². The van der Waals surface area contributed by atoms with Crippen LogP contribution in [0.2, 0.25) is 0 Å². The maximum atomic E-state index is 14.7. The van der Waals surface area contributed by atoms with E-state index in [1.807, 2.05) is 61.2 Å². The highest BCUT2D eigenvalue weighted by Crippen LogP contribution is 2.55. The van der Waals surface area contributed by atoms with Gasteiger partial charge in [-0.1, -0.05) is 94.8 Å². The summed E-state index contributed by atoms with van der Waals surface area (Å²) in [4.78, 5) is 55.0. The average Bonchev–Trinajstić information content (AvgIpc) is 3.03. The molecule has 2 N–H and O–H groups in total. The highest BCUT2D eigenvalue weighted by atomic mass is 16.4. The summed E-state index contributed by atoms with van der Waals surface area (Å²) in [7, 11) is 0. The normalized spacial score (nSPS) is 22.0. The highest BCUT2D eigenvalue weighted by Gasteiger charge is 2.50. The van der Waals surface area contributed by atoms with Crippen LogP contribution in [0.15, 0.2) is 72.3 Å². The van der Waals surface area contributed by atoms with Gasteiger partial charge in [-0.25, -0.2) is 4.79 Å². The number of hydrogen-bond donors (Lipinski definition) is 2. The van der Waals surface area contributed by atoms with E-state index in [1.54, 1.807) is 17.0 Å². The summed E-state index contributed by atoms with van der Waals surface area (Å²) < 4.78 is 0. The first-order chi connectivity index (χ1) is 21.8. The van der Waals surface area contributed by atoms with Gasteiger partial charge in [0.05, 0.1) is 17.5 Å². The van der Waals surface area contributed by atoms with Gasteiger partial charge in [-0.2, -0.15) is 0 Å². The van der Waals surface area contributed by atoms with Crippen LogP contribution >= 0.6 is 0 Å². The van der Waals surface area contributed by atoms with E-state index in [4.69, 9.17) is 0 Å². The van der Waals surface area contributed by atoms with Crippen LogP contribution in [0.5, 0.6) is 0 Å². The molecule has 1 aliphatic carbocycles. The highest BCUT2D eigenvalue weighted by molar-refractivity contribution is 5.91. The molecule has 0 saturated carbocycles. The molecule has 1 atom stereocenters. The van der Waals surface area contributed by atoms with Crippen molar-refractivity contribution in [3.8, 4) is 0 Å². The van der Waals surface area contributed by atoms with Crippen LogP contribution in [0.3, 0.4) is 0 Å². The largest absolute Gasteiger partial charge is 0.478 e. The molecule has 0 radical (unpaired) electrons. The number of hydrogen-bond acceptors (Lipinski definition) is 4. The molecule has 1 fully saturated rings. The van der Waals surface area contributed by atoms with E-state index in [1.165, 1.54) is 11.1 Å². The van der Waals surface area contributed by atoms with Crippen molar-refractivity contribution in [2.75, 3.05) is 32.7 Å². The minimum absolute atomic E-state index is 0.0229. The second kappa shape index (κ2) is 12.9. The topological polar surface area (TPSA) is 107 Å². The van der Waals surface area contributed by atoms with Gasteiger partial charge in [-0.3, -0.25) is 14.4 Å². The number of fused-ring (bicyclic) bond motifs is 1. The van der Waals surface area contributed by atoms with Crippen LogP contribution in [0.25, 0.3) is 5.57 Å². The van der Waals surface area contributed by atoms with Crippen molar-refractivity contribution in [1.29, 1.82) is 0 Å². The number of amides is 3. The van der Waals surface area contributed by atoms with Crippen LogP contribution in [-0.2, 0) is 19.8 Å². The monoisotopic (exact) mass is 625 g/mol. The number of carboxylic acid groups (broad SMARTS) is 1. The number of benzene rings is 2. The van der Waals surface area contributed by atoms with Gasteiger partial charge < -0.3 is 20.2 Å². The lowest BCUT2D eigenvalue weighted by molar-refractivity contribution is -0.144. The van der Waals surface area contributed by atoms with Crippen LogP contribution in [0.4, 0.5) is 0 Å². The average molecular weight is 626 g/mol. The maximum Gasteiger partial charge on any atom is 0.335 e. The molecule has 3 amide bonds. The molecule has 2 heterocycles. The number of nitrogens with one attached hydrogen (secondary N) is 1. The van der Waals surface area contributed by atoms with E-state index < -0.39 is 11.4 Å². The van der Waals surface area contributed by atoms with Crippen molar-refractivity contribution < 1.29 is 24.3 Å². The van der Waals surface area contributed by atoms with E-state index in [0.717, 1.165) is 17.5 Å². The first-order valence-electron chi connectivity index (χ1n) is 16.4. The van der Waals surface area contributed by atoms with Gasteiger partial charge in [0.25, 0.3) is 0 Å². The van der Waals surface area contributed by atoms with Gasteiger partial charge >= 0.3 is 5.97 Å². The molecular formula is C38H47N3O5. The zero-order valence-corrected chi connectivity index (χ0v) is 27.8. The van der Waals surface area contributed by atoms with E-state index in [-0.39, 0.29) is 46.6 Å². The van der Waals surface area contributed by atoms with Gasteiger partial charge in [-0.15, -0.1) is 0 Å². The van der Waals surface area contributed by atoms with Crippen LogP contribution < -0.4 is 5.32 Å². The van der Waals surface area contributed by atoms with E-state index in [9.17, 15) is 24.3 Å². The van der Waals surface area contributed by atoms with Gasteiger partial charge in [0.2, 0.25) is 17.7 Å². The predicted molar refractivity (Wildman–Crippen MR) is 179 cm³/mol. The molecule has 2 aromatic rings. The fraction of sp³-hybridized carbons (Fsp3) is 0.474. The smallest absolute Gasteiger partial charge is 0.335 e. The summed E-state index contributed by atoms with van der Waals surface area (Å²) >= 11 is 0. The predicted octanol–water partition coefficient (Wildman–Crippen LogP) is 5.70. The Morgan fingerprint density at radius 3 is 2.15 bits per heavy atom. The van der Waals surface area contributed by atoms with Crippen LogP contribution in [0, 0.1) is 16.7 Å². The van der Waals surface area contributed by atoms with Crippen molar-refractivity contribution in [3.63, 3.8) is 0 Å². The molecule has 1 saturated heterocycles. The number of carboxylic acids is 1. The third-order valence-corrected chi connectivity index (χ3v) is 10.3. The minimum Gasteiger partial charge on any atom is -0.478 e. The molecule has 3 aliphatic rings. The number of aromatic carboxylic acids is 1. The summed E-state index contributed by atoms with van der Waals surface area (Å²) in [6.45, 7) is 12.6. The van der Waals surface area contributed by atoms with Crippen molar-refractivity contribution in [2.45, 2.75) is 65.7 Å². The Kier molecular flexibility index (Phi) is 9.30. The number of likely N-dealkylation sites (tertiary alicyclic amines) is 1. The van der Waals surface area contributed by atoms with Gasteiger partial charge in [0, 0.05) is 43.4 Å². The zero-order chi connectivity index (χ0) is 33.3. The molecule has 2 aliphatic heterocycles. The van der Waals surface area contributed by atoms with E-state index >= 15 is 0 Å². The number of carbonyl (C=O) groups excluding carboxylic acids is 3. The Hall–Kier alpha value is -4.20. The number of nitrogens with zero attached hydrogens (tertiary/aromatic N) is 2. The molecule has 0 unspecified atom stereocenters. The minimum atomic E-state index is -0.938. The van der Waals surface area contributed by atoms with Crippen molar-refractivity contribution in [3.05, 3.63) is 89.0 Å². The molecule has 5 rings (SSSR count). The number of rotatable bonds is 8. The van der Waals surface area contributed by atoms with Crippen molar-refractivity contribution in [2.24, 2.45) is 16.7 Å². The Morgan fingerprint density at radius 1 is 0.891 bits per heavy atom. The van der Waals surface area contributed by atoms with Crippen LogP contribution in [0.1, 0.15) is 81.8 Å². The van der Waals surface area contributed by atoms with Gasteiger partial charge in [0.15, 0.2) is 0 Å². The fourth-order valence-corrected chi connectivity index (χ4v) is 7.91. The van der Waals surface area contributed by atoms with Crippen LogP contribution in [-0.4, -0.2) is 71.3 Å². The van der Waals surface area contributed by atoms with Crippen molar-refractivity contribution in [1.82, 2.24) is 15.1 Å². The van der Waals surface area contributed by atoms with E-state index in [2.05, 4.69) is 38.2 Å². The molecule has 46 heavy (non-hydrogen) atoms. The third-order valence-electron chi connectivity index (χ3n) is 10.3. The lowest BCUT2D eigenvalue weighted by Gasteiger charge is -2.52. The lowest BCUT2D eigenvalue weighted by Crippen LogP contribution is -2.57.